The maximum Gasteiger partial charge on any atom is 0.328 e. The van der Waals surface area contributed by atoms with Crippen LogP contribution >= 0.6 is 0 Å². The first-order valence-electron chi connectivity index (χ1n) is 10.3. The molecule has 160 valence electrons. The van der Waals surface area contributed by atoms with Gasteiger partial charge in [-0.3, -0.25) is 4.90 Å². The fourth-order valence-corrected chi connectivity index (χ4v) is 4.87. The molecule has 2 atom stereocenters. The third-order valence-electron chi connectivity index (χ3n) is 6.26. The minimum absolute atomic E-state index is 0.0290. The fraction of sp³-hybridized carbons (Fsp3) is 0.292. The molecule has 0 bridgehead atoms. The third kappa shape index (κ3) is 3.34. The Kier molecular flexibility index (Phi) is 4.87. The van der Waals surface area contributed by atoms with Gasteiger partial charge in [0.05, 0.1) is 25.3 Å². The lowest BCUT2D eigenvalue weighted by Crippen LogP contribution is -2.56. The highest BCUT2D eigenvalue weighted by Gasteiger charge is 2.43. The highest BCUT2D eigenvalue weighted by Crippen LogP contribution is 2.44. The average molecular weight is 424 g/mol. The van der Waals surface area contributed by atoms with Crippen molar-refractivity contribution in [1.29, 1.82) is 0 Å². The lowest BCUT2D eigenvalue weighted by Gasteiger charge is -2.48. The first-order valence-corrected chi connectivity index (χ1v) is 10.3. The second-order valence-corrected chi connectivity index (χ2v) is 8.23. The van der Waals surface area contributed by atoms with Crippen molar-refractivity contribution >= 4 is 22.9 Å². The number of ether oxygens (including phenoxy) is 1. The summed E-state index contributed by atoms with van der Waals surface area (Å²) in [6, 6.07) is 9.79. The van der Waals surface area contributed by atoms with Gasteiger partial charge in [-0.25, -0.2) is 13.6 Å². The Balaban J connectivity index is 1.69. The van der Waals surface area contributed by atoms with Crippen LogP contribution in [0, 0.1) is 11.6 Å². The van der Waals surface area contributed by atoms with Crippen molar-refractivity contribution in [3.8, 4) is 0 Å². The van der Waals surface area contributed by atoms with E-state index in [1.165, 1.54) is 18.2 Å². The molecule has 2 aliphatic rings. The van der Waals surface area contributed by atoms with Crippen LogP contribution in [0.3, 0.4) is 0 Å². The molecule has 1 aromatic heterocycles. The smallest absolute Gasteiger partial charge is 0.328 e. The van der Waals surface area contributed by atoms with E-state index in [0.29, 0.717) is 13.2 Å². The molecule has 2 aliphatic heterocycles. The highest BCUT2D eigenvalue weighted by atomic mass is 19.1. The Labute approximate surface area is 177 Å². The van der Waals surface area contributed by atoms with Crippen molar-refractivity contribution in [2.24, 2.45) is 0 Å². The van der Waals surface area contributed by atoms with E-state index in [1.54, 1.807) is 0 Å². The zero-order valence-corrected chi connectivity index (χ0v) is 16.9. The molecule has 31 heavy (non-hydrogen) atoms. The summed E-state index contributed by atoms with van der Waals surface area (Å²) in [6.07, 6.45) is 2.83. The summed E-state index contributed by atoms with van der Waals surface area (Å²) in [4.78, 5) is 16.3. The normalized spacial score (nSPS) is 22.0. The van der Waals surface area contributed by atoms with Crippen LogP contribution in [-0.4, -0.2) is 46.3 Å². The minimum Gasteiger partial charge on any atom is -0.478 e. The lowest BCUT2D eigenvalue weighted by atomic mass is 9.86. The number of fused-ring (bicyclic) bond motifs is 3. The molecule has 0 unspecified atom stereocenters. The molecule has 2 N–H and O–H groups in total. The number of halogens is 2. The largest absolute Gasteiger partial charge is 0.478 e. The second-order valence-electron chi connectivity index (χ2n) is 8.23. The molecule has 5 nitrogen and oxygen atoms in total. The third-order valence-corrected chi connectivity index (χ3v) is 6.26. The Hall–Kier alpha value is -3.03. The van der Waals surface area contributed by atoms with Crippen molar-refractivity contribution in [2.45, 2.75) is 31.5 Å². The monoisotopic (exact) mass is 424 g/mol. The van der Waals surface area contributed by atoms with Gasteiger partial charge < -0.3 is 14.8 Å². The summed E-state index contributed by atoms with van der Waals surface area (Å²) < 4.78 is 36.1. The first kappa shape index (κ1) is 19.9. The Bertz CT molecular complexity index is 1180. The zero-order chi connectivity index (χ0) is 21.7. The maximum absolute atomic E-state index is 15.4. The molecule has 0 amide bonds. The molecular formula is C24H22F2N2O3. The number of nitrogens with one attached hydrogen (secondary N) is 1. The Morgan fingerprint density at radius 3 is 2.58 bits per heavy atom. The lowest BCUT2D eigenvalue weighted by molar-refractivity contribution is -0.131. The average Bonchev–Trinajstić information content (AvgIpc) is 3.05. The number of carbonyl (C=O) groups is 1. The van der Waals surface area contributed by atoms with Crippen LogP contribution in [0.2, 0.25) is 0 Å². The zero-order valence-electron chi connectivity index (χ0n) is 16.9. The Morgan fingerprint density at radius 1 is 1.23 bits per heavy atom. The molecular weight excluding hydrogens is 402 g/mol. The number of rotatable bonds is 4. The van der Waals surface area contributed by atoms with Gasteiger partial charge in [0.25, 0.3) is 0 Å². The van der Waals surface area contributed by atoms with E-state index in [2.05, 4.69) is 16.8 Å². The summed E-state index contributed by atoms with van der Waals surface area (Å²) in [6.45, 7) is 3.13. The number of aliphatic carboxylic acids is 1. The number of carboxylic acid groups (broad SMARTS) is 1. The summed E-state index contributed by atoms with van der Waals surface area (Å²) in [5.74, 6) is -2.57. The van der Waals surface area contributed by atoms with E-state index >= 15 is 8.78 Å². The van der Waals surface area contributed by atoms with Crippen molar-refractivity contribution < 1.29 is 23.4 Å². The van der Waals surface area contributed by atoms with E-state index in [-0.39, 0.29) is 23.2 Å². The van der Waals surface area contributed by atoms with Crippen LogP contribution in [0.25, 0.3) is 17.0 Å². The predicted molar refractivity (Wildman–Crippen MR) is 113 cm³/mol. The summed E-state index contributed by atoms with van der Waals surface area (Å²) >= 11 is 0. The number of para-hydroxylation sites is 1. The number of hydrogen-bond acceptors (Lipinski definition) is 3. The van der Waals surface area contributed by atoms with Crippen LogP contribution < -0.4 is 0 Å². The topological polar surface area (TPSA) is 65.6 Å². The number of aromatic nitrogens is 1. The van der Waals surface area contributed by atoms with E-state index in [9.17, 15) is 4.79 Å². The number of nitrogens with zero attached hydrogens (tertiary/aromatic N) is 1. The second kappa shape index (κ2) is 7.59. The van der Waals surface area contributed by atoms with Gasteiger partial charge in [0, 0.05) is 34.3 Å². The Morgan fingerprint density at radius 2 is 1.94 bits per heavy atom. The summed E-state index contributed by atoms with van der Waals surface area (Å²) in [5.41, 5.74) is 2.97. The quantitative estimate of drug-likeness (QED) is 0.614. The van der Waals surface area contributed by atoms with Gasteiger partial charge in [-0.1, -0.05) is 18.2 Å². The SMILES string of the molecule is C[C@@H]1Cc2c([nH]c3ccccc23)[C@@H](c2c(F)cc(/C=C/C(=O)O)cc2F)N1C1COC1. The van der Waals surface area contributed by atoms with Crippen LogP contribution in [0.15, 0.2) is 42.5 Å². The van der Waals surface area contributed by atoms with Crippen LogP contribution in [0.4, 0.5) is 8.78 Å². The number of aromatic amines is 1. The standard InChI is InChI=1S/C24H22F2N2O3/c1-13-8-17-16-4-2-3-5-20(16)27-23(17)24(28(13)15-11-31-12-15)22-18(25)9-14(10-19(22)26)6-7-21(29)30/h2-7,9-10,13,15,24,27H,8,11-12H2,1H3,(H,29,30)/b7-6+/t13-,24-/m1/s1. The molecule has 2 aromatic carbocycles. The molecule has 0 saturated carbocycles. The first-order chi connectivity index (χ1) is 14.9. The van der Waals surface area contributed by atoms with E-state index < -0.39 is 23.6 Å². The van der Waals surface area contributed by atoms with E-state index in [4.69, 9.17) is 9.84 Å². The van der Waals surface area contributed by atoms with Crippen molar-refractivity contribution in [3.05, 3.63) is 76.5 Å². The van der Waals surface area contributed by atoms with E-state index in [1.807, 2.05) is 24.3 Å². The van der Waals surface area contributed by atoms with Crippen molar-refractivity contribution in [3.63, 3.8) is 0 Å². The number of carboxylic acids is 1. The molecule has 3 heterocycles. The van der Waals surface area contributed by atoms with Gasteiger partial charge in [-0.2, -0.15) is 0 Å². The molecule has 0 spiro atoms. The van der Waals surface area contributed by atoms with Crippen LogP contribution in [-0.2, 0) is 16.0 Å². The molecule has 1 fully saturated rings. The predicted octanol–water partition coefficient (Wildman–Crippen LogP) is 4.28. The van der Waals surface area contributed by atoms with Crippen LogP contribution in [0.1, 0.15) is 35.3 Å². The molecule has 0 radical (unpaired) electrons. The van der Waals surface area contributed by atoms with Crippen molar-refractivity contribution in [2.75, 3.05) is 13.2 Å². The van der Waals surface area contributed by atoms with E-state index in [0.717, 1.165) is 34.7 Å². The highest BCUT2D eigenvalue weighted by molar-refractivity contribution is 5.86. The van der Waals surface area contributed by atoms with Gasteiger partial charge >= 0.3 is 5.97 Å². The molecule has 0 aliphatic carbocycles. The van der Waals surface area contributed by atoms with Gasteiger partial charge in [0.1, 0.15) is 11.6 Å². The molecule has 1 saturated heterocycles. The maximum atomic E-state index is 15.4. The van der Waals surface area contributed by atoms with Crippen molar-refractivity contribution in [1.82, 2.24) is 9.88 Å². The van der Waals surface area contributed by atoms with Gasteiger partial charge in [0.2, 0.25) is 0 Å². The molecule has 3 aromatic rings. The number of benzene rings is 2. The summed E-state index contributed by atoms with van der Waals surface area (Å²) in [7, 11) is 0. The molecule has 5 rings (SSSR count). The van der Waals surface area contributed by atoms with Gasteiger partial charge in [-0.15, -0.1) is 0 Å². The number of hydrogen-bond donors (Lipinski definition) is 2. The molecule has 7 heteroatoms. The minimum atomic E-state index is -1.18. The van der Waals surface area contributed by atoms with Crippen LogP contribution in [0.5, 0.6) is 0 Å². The van der Waals surface area contributed by atoms with Gasteiger partial charge in [0.15, 0.2) is 0 Å². The summed E-state index contributed by atoms with van der Waals surface area (Å²) in [5, 5.41) is 9.88. The fourth-order valence-electron chi connectivity index (χ4n) is 4.87. The van der Waals surface area contributed by atoms with Gasteiger partial charge in [-0.05, 0) is 48.7 Å². The number of H-pyrrole nitrogens is 1.